The molecule has 0 aliphatic carbocycles. The fraction of sp³-hybridized carbons (Fsp3) is 0.107. The van der Waals surface area contributed by atoms with Crippen molar-refractivity contribution in [3.8, 4) is 11.5 Å². The number of nitro groups is 1. The van der Waals surface area contributed by atoms with Gasteiger partial charge in [0.25, 0.3) is 5.69 Å². The maximum Gasteiger partial charge on any atom is 0.338 e. The Morgan fingerprint density at radius 1 is 0.857 bits per heavy atom. The predicted molar refractivity (Wildman–Crippen MR) is 134 cm³/mol. The fourth-order valence-corrected chi connectivity index (χ4v) is 3.43. The first-order valence-electron chi connectivity index (χ1n) is 11.0. The van der Waals surface area contributed by atoms with Crippen molar-refractivity contribution >= 4 is 17.3 Å². The van der Waals surface area contributed by atoms with Gasteiger partial charge in [0.05, 0.1) is 10.5 Å². The lowest BCUT2D eigenvalue weighted by atomic mass is 10.1. The largest absolute Gasteiger partial charge is 0.457 e. The molecule has 35 heavy (non-hydrogen) atoms. The number of hydrogen-bond donors (Lipinski definition) is 1. The Kier molecular flexibility index (Phi) is 7.37. The Hall–Kier alpha value is -4.65. The maximum absolute atomic E-state index is 12.5. The number of nitrogens with one attached hydrogen (secondary N) is 1. The molecule has 176 valence electrons. The van der Waals surface area contributed by atoms with Crippen LogP contribution in [0.1, 0.15) is 27.0 Å². The first-order chi connectivity index (χ1) is 17.0. The predicted octanol–water partition coefficient (Wildman–Crippen LogP) is 6.66. The standard InChI is InChI=1S/C28H24N2O5/c1-20-5-2-3-8-27(20)29-18-21-9-11-23(12-10-21)28(31)34-19-22-6-4-7-26(17-22)35-25-15-13-24(14-16-25)30(32)33/h2-17,29H,18-19H2,1H3. The highest BCUT2D eigenvalue weighted by Crippen LogP contribution is 2.25. The smallest absolute Gasteiger partial charge is 0.338 e. The van der Waals surface area contributed by atoms with E-state index >= 15 is 0 Å². The number of nitro benzene ring substituents is 1. The highest BCUT2D eigenvalue weighted by molar-refractivity contribution is 5.89. The van der Waals surface area contributed by atoms with Crippen LogP contribution in [0.4, 0.5) is 11.4 Å². The van der Waals surface area contributed by atoms with Crippen LogP contribution in [0.2, 0.25) is 0 Å². The minimum atomic E-state index is -0.464. The Bertz CT molecular complexity index is 1320. The van der Waals surface area contributed by atoms with E-state index in [1.165, 1.54) is 29.8 Å². The molecule has 0 aliphatic rings. The molecule has 0 aliphatic heterocycles. The van der Waals surface area contributed by atoms with Gasteiger partial charge in [-0.2, -0.15) is 0 Å². The number of carbonyl (C=O) groups excluding carboxylic acids is 1. The Balaban J connectivity index is 1.30. The summed E-state index contributed by atoms with van der Waals surface area (Å²) in [6, 6.07) is 28.4. The highest BCUT2D eigenvalue weighted by Gasteiger charge is 2.09. The summed E-state index contributed by atoms with van der Waals surface area (Å²) in [7, 11) is 0. The molecule has 4 aromatic carbocycles. The normalized spacial score (nSPS) is 10.4. The van der Waals surface area contributed by atoms with Gasteiger partial charge in [-0.3, -0.25) is 10.1 Å². The van der Waals surface area contributed by atoms with Gasteiger partial charge < -0.3 is 14.8 Å². The fourth-order valence-electron chi connectivity index (χ4n) is 3.43. The summed E-state index contributed by atoms with van der Waals surface area (Å²) in [5.74, 6) is 0.602. The monoisotopic (exact) mass is 468 g/mol. The van der Waals surface area contributed by atoms with E-state index in [4.69, 9.17) is 9.47 Å². The van der Waals surface area contributed by atoms with Crippen molar-refractivity contribution in [2.75, 3.05) is 5.32 Å². The summed E-state index contributed by atoms with van der Waals surface area (Å²) in [5, 5.41) is 14.2. The van der Waals surface area contributed by atoms with Gasteiger partial charge in [-0.15, -0.1) is 0 Å². The maximum atomic E-state index is 12.5. The van der Waals surface area contributed by atoms with E-state index in [9.17, 15) is 14.9 Å². The van der Waals surface area contributed by atoms with E-state index in [-0.39, 0.29) is 12.3 Å². The third-order valence-electron chi connectivity index (χ3n) is 5.37. The number of carbonyl (C=O) groups is 1. The molecular weight excluding hydrogens is 444 g/mol. The zero-order valence-corrected chi connectivity index (χ0v) is 19.1. The van der Waals surface area contributed by atoms with Crippen LogP contribution in [-0.4, -0.2) is 10.9 Å². The van der Waals surface area contributed by atoms with Crippen molar-refractivity contribution in [3.63, 3.8) is 0 Å². The van der Waals surface area contributed by atoms with Crippen LogP contribution in [0.25, 0.3) is 0 Å². The van der Waals surface area contributed by atoms with Gasteiger partial charge in [0, 0.05) is 24.4 Å². The zero-order valence-electron chi connectivity index (χ0n) is 19.1. The molecule has 1 N–H and O–H groups in total. The average Bonchev–Trinajstić information content (AvgIpc) is 2.88. The minimum Gasteiger partial charge on any atom is -0.457 e. The van der Waals surface area contributed by atoms with E-state index < -0.39 is 10.9 Å². The molecular formula is C28H24N2O5. The molecule has 0 spiro atoms. The summed E-state index contributed by atoms with van der Waals surface area (Å²) in [4.78, 5) is 22.8. The quantitative estimate of drug-likeness (QED) is 0.168. The van der Waals surface area contributed by atoms with Gasteiger partial charge >= 0.3 is 5.97 Å². The Labute approximate surface area is 203 Å². The molecule has 4 aromatic rings. The minimum absolute atomic E-state index is 0.00593. The van der Waals surface area contributed by atoms with Gasteiger partial charge in [0.1, 0.15) is 18.1 Å². The number of nitrogens with zero attached hydrogens (tertiary/aromatic N) is 1. The molecule has 4 rings (SSSR count). The van der Waals surface area contributed by atoms with Crippen molar-refractivity contribution in [3.05, 3.63) is 129 Å². The van der Waals surface area contributed by atoms with E-state index in [1.807, 2.05) is 36.4 Å². The molecule has 7 nitrogen and oxygen atoms in total. The molecule has 0 aromatic heterocycles. The number of anilines is 1. The average molecular weight is 469 g/mol. The number of esters is 1. The van der Waals surface area contributed by atoms with Crippen LogP contribution in [0.3, 0.4) is 0 Å². The van der Waals surface area contributed by atoms with Crippen molar-refractivity contribution in [2.45, 2.75) is 20.1 Å². The second-order valence-electron chi connectivity index (χ2n) is 7.94. The van der Waals surface area contributed by atoms with Crippen LogP contribution in [0, 0.1) is 17.0 Å². The van der Waals surface area contributed by atoms with Crippen LogP contribution >= 0.6 is 0 Å². The Morgan fingerprint density at radius 2 is 1.60 bits per heavy atom. The second-order valence-corrected chi connectivity index (χ2v) is 7.94. The molecule has 0 saturated carbocycles. The lowest BCUT2D eigenvalue weighted by Crippen LogP contribution is -2.06. The number of rotatable bonds is 9. The van der Waals surface area contributed by atoms with Crippen LogP contribution < -0.4 is 10.1 Å². The number of benzene rings is 4. The third-order valence-corrected chi connectivity index (χ3v) is 5.37. The van der Waals surface area contributed by atoms with Gasteiger partial charge in [0.2, 0.25) is 0 Å². The molecule has 0 saturated heterocycles. The molecule has 0 radical (unpaired) electrons. The van der Waals surface area contributed by atoms with Gasteiger partial charge in [-0.05, 0) is 66.1 Å². The SMILES string of the molecule is Cc1ccccc1NCc1ccc(C(=O)OCc2cccc(Oc3ccc([N+](=O)[O-])cc3)c2)cc1. The number of hydrogen-bond acceptors (Lipinski definition) is 6. The van der Waals surface area contributed by atoms with Crippen LogP contribution in [-0.2, 0) is 17.9 Å². The lowest BCUT2D eigenvalue weighted by Gasteiger charge is -2.10. The molecule has 0 fully saturated rings. The second kappa shape index (κ2) is 11.0. The van der Waals surface area contributed by atoms with E-state index in [2.05, 4.69) is 18.3 Å². The van der Waals surface area contributed by atoms with Crippen molar-refractivity contribution in [2.24, 2.45) is 0 Å². The molecule has 0 atom stereocenters. The van der Waals surface area contributed by atoms with E-state index in [1.54, 1.807) is 30.3 Å². The van der Waals surface area contributed by atoms with Crippen molar-refractivity contribution in [1.82, 2.24) is 0 Å². The topological polar surface area (TPSA) is 90.7 Å². The molecule has 0 unspecified atom stereocenters. The van der Waals surface area contributed by atoms with Crippen LogP contribution in [0.15, 0.2) is 97.1 Å². The van der Waals surface area contributed by atoms with Crippen molar-refractivity contribution < 1.29 is 19.2 Å². The highest BCUT2D eigenvalue weighted by atomic mass is 16.6. The summed E-state index contributed by atoms with van der Waals surface area (Å²) in [5.41, 5.74) is 4.54. The van der Waals surface area contributed by atoms with Crippen molar-refractivity contribution in [1.29, 1.82) is 0 Å². The summed E-state index contributed by atoms with van der Waals surface area (Å²) in [6.07, 6.45) is 0. The number of para-hydroxylation sites is 1. The third kappa shape index (κ3) is 6.45. The van der Waals surface area contributed by atoms with Gasteiger partial charge in [-0.25, -0.2) is 4.79 Å². The van der Waals surface area contributed by atoms with E-state index in [0.717, 1.165) is 16.8 Å². The van der Waals surface area contributed by atoms with Gasteiger partial charge in [0.15, 0.2) is 0 Å². The number of ether oxygens (including phenoxy) is 2. The lowest BCUT2D eigenvalue weighted by molar-refractivity contribution is -0.384. The van der Waals surface area contributed by atoms with Gasteiger partial charge in [-0.1, -0.05) is 42.5 Å². The summed E-state index contributed by atoms with van der Waals surface area (Å²) >= 11 is 0. The molecule has 0 bridgehead atoms. The van der Waals surface area contributed by atoms with Crippen LogP contribution in [0.5, 0.6) is 11.5 Å². The molecule has 0 amide bonds. The summed E-state index contributed by atoms with van der Waals surface area (Å²) in [6.45, 7) is 2.80. The molecule has 7 heteroatoms. The summed E-state index contributed by atoms with van der Waals surface area (Å²) < 4.78 is 11.2. The zero-order chi connectivity index (χ0) is 24.6. The molecule has 0 heterocycles. The first-order valence-corrected chi connectivity index (χ1v) is 11.0. The first kappa shape index (κ1) is 23.5. The number of non-ortho nitro benzene ring substituents is 1. The van der Waals surface area contributed by atoms with E-state index in [0.29, 0.717) is 23.6 Å². The Morgan fingerprint density at radius 3 is 2.31 bits per heavy atom. The number of aryl methyl sites for hydroxylation is 1.